The van der Waals surface area contributed by atoms with Gasteiger partial charge in [-0.25, -0.2) is 0 Å². The summed E-state index contributed by atoms with van der Waals surface area (Å²) < 4.78 is 23.4. The zero-order chi connectivity index (χ0) is 21.8. The molecule has 0 aromatic heterocycles. The number of methoxy groups -OCH3 is 3. The standard InChI is InChI=1S/C22H24N2O6/c1-21(2)18-15(27-4)9-10-16(28-5)19(18)23(3)22(21)12-11-13-14(24(25)26)7-8-17(29-6)20(13)30-22/h7-12H,1-6H3. The van der Waals surface area contributed by atoms with Gasteiger partial charge < -0.3 is 23.8 Å². The van der Waals surface area contributed by atoms with Crippen LogP contribution in [0.4, 0.5) is 11.4 Å². The summed E-state index contributed by atoms with van der Waals surface area (Å²) in [6.45, 7) is 4.10. The molecule has 1 unspecified atom stereocenters. The minimum Gasteiger partial charge on any atom is -0.496 e. The van der Waals surface area contributed by atoms with Gasteiger partial charge in [0.15, 0.2) is 11.5 Å². The number of anilines is 1. The second-order valence-corrected chi connectivity index (χ2v) is 7.80. The first kappa shape index (κ1) is 19.9. The zero-order valence-electron chi connectivity index (χ0n) is 17.8. The van der Waals surface area contributed by atoms with Crippen LogP contribution in [0.1, 0.15) is 25.0 Å². The van der Waals surface area contributed by atoms with Gasteiger partial charge >= 0.3 is 0 Å². The van der Waals surface area contributed by atoms with Crippen LogP contribution >= 0.6 is 0 Å². The van der Waals surface area contributed by atoms with E-state index in [9.17, 15) is 10.1 Å². The van der Waals surface area contributed by atoms with Crippen molar-refractivity contribution in [1.29, 1.82) is 0 Å². The highest BCUT2D eigenvalue weighted by atomic mass is 16.6. The Kier molecular flexibility index (Phi) is 4.34. The lowest BCUT2D eigenvalue weighted by molar-refractivity contribution is -0.385. The van der Waals surface area contributed by atoms with E-state index in [1.165, 1.54) is 13.2 Å². The van der Waals surface area contributed by atoms with Gasteiger partial charge in [-0.3, -0.25) is 10.1 Å². The average molecular weight is 412 g/mol. The van der Waals surface area contributed by atoms with Crippen molar-refractivity contribution >= 4 is 17.5 Å². The molecule has 30 heavy (non-hydrogen) atoms. The number of likely N-dealkylation sites (N-methyl/N-ethyl adjacent to an activating group) is 1. The number of benzene rings is 2. The van der Waals surface area contributed by atoms with Crippen LogP contribution < -0.4 is 23.8 Å². The molecule has 0 bridgehead atoms. The van der Waals surface area contributed by atoms with Crippen LogP contribution in [-0.2, 0) is 5.41 Å². The van der Waals surface area contributed by atoms with E-state index in [0.717, 1.165) is 11.3 Å². The van der Waals surface area contributed by atoms with Crippen molar-refractivity contribution in [2.45, 2.75) is 25.0 Å². The van der Waals surface area contributed by atoms with Crippen molar-refractivity contribution < 1.29 is 23.9 Å². The highest BCUT2D eigenvalue weighted by molar-refractivity contribution is 5.81. The smallest absolute Gasteiger partial charge is 0.280 e. The van der Waals surface area contributed by atoms with Crippen LogP contribution in [0.5, 0.6) is 23.0 Å². The Bertz CT molecular complexity index is 1080. The maximum atomic E-state index is 11.6. The first-order chi connectivity index (χ1) is 14.2. The van der Waals surface area contributed by atoms with Crippen molar-refractivity contribution in [3.05, 3.63) is 51.6 Å². The fraction of sp³-hybridized carbons (Fsp3) is 0.364. The Morgan fingerprint density at radius 3 is 2.20 bits per heavy atom. The Morgan fingerprint density at radius 2 is 1.60 bits per heavy atom. The molecule has 0 saturated heterocycles. The summed E-state index contributed by atoms with van der Waals surface area (Å²) in [5, 5.41) is 11.6. The highest BCUT2D eigenvalue weighted by Crippen LogP contribution is 2.60. The molecular formula is C22H24N2O6. The van der Waals surface area contributed by atoms with Gasteiger partial charge in [-0.1, -0.05) is 0 Å². The maximum Gasteiger partial charge on any atom is 0.280 e. The average Bonchev–Trinajstić information content (AvgIpc) is 2.91. The summed E-state index contributed by atoms with van der Waals surface area (Å²) in [4.78, 5) is 13.1. The van der Waals surface area contributed by atoms with Gasteiger partial charge in [-0.15, -0.1) is 0 Å². The zero-order valence-corrected chi connectivity index (χ0v) is 17.8. The van der Waals surface area contributed by atoms with Gasteiger partial charge in [-0.2, -0.15) is 0 Å². The number of fused-ring (bicyclic) bond motifs is 2. The molecule has 0 saturated carbocycles. The Labute approximate surface area is 174 Å². The van der Waals surface area contributed by atoms with E-state index in [1.807, 2.05) is 30.2 Å². The third kappa shape index (κ3) is 2.33. The van der Waals surface area contributed by atoms with Crippen LogP contribution in [0.2, 0.25) is 0 Å². The molecule has 0 aliphatic carbocycles. The van der Waals surface area contributed by atoms with E-state index in [2.05, 4.69) is 13.8 Å². The summed E-state index contributed by atoms with van der Waals surface area (Å²) in [7, 11) is 6.67. The van der Waals surface area contributed by atoms with E-state index in [-0.39, 0.29) is 5.69 Å². The Balaban J connectivity index is 1.98. The van der Waals surface area contributed by atoms with E-state index >= 15 is 0 Å². The molecule has 2 heterocycles. The lowest BCUT2D eigenvalue weighted by atomic mass is 9.76. The van der Waals surface area contributed by atoms with Crippen LogP contribution in [0.15, 0.2) is 30.3 Å². The van der Waals surface area contributed by atoms with Gasteiger partial charge in [-0.05, 0) is 44.2 Å². The number of nitro groups is 1. The van der Waals surface area contributed by atoms with Crippen LogP contribution in [0.3, 0.4) is 0 Å². The molecule has 1 spiro atoms. The van der Waals surface area contributed by atoms with E-state index in [1.54, 1.807) is 26.4 Å². The van der Waals surface area contributed by atoms with Crippen molar-refractivity contribution in [2.24, 2.45) is 0 Å². The predicted octanol–water partition coefficient (Wildman–Crippen LogP) is 4.15. The van der Waals surface area contributed by atoms with Crippen molar-refractivity contribution in [1.82, 2.24) is 0 Å². The van der Waals surface area contributed by atoms with Crippen molar-refractivity contribution in [3.8, 4) is 23.0 Å². The van der Waals surface area contributed by atoms with E-state index in [4.69, 9.17) is 18.9 Å². The van der Waals surface area contributed by atoms with E-state index in [0.29, 0.717) is 28.6 Å². The molecule has 4 rings (SSSR count). The lowest BCUT2D eigenvalue weighted by Gasteiger charge is -2.45. The second-order valence-electron chi connectivity index (χ2n) is 7.80. The van der Waals surface area contributed by atoms with Crippen LogP contribution in [0.25, 0.3) is 6.08 Å². The Hall–Kier alpha value is -3.42. The van der Waals surface area contributed by atoms with E-state index < -0.39 is 16.1 Å². The molecular weight excluding hydrogens is 388 g/mol. The number of nitro benzene ring substituents is 1. The second kappa shape index (κ2) is 6.55. The first-order valence-corrected chi connectivity index (χ1v) is 9.46. The fourth-order valence-electron chi connectivity index (χ4n) is 4.65. The molecule has 8 heteroatoms. The molecule has 158 valence electrons. The molecule has 2 aliphatic rings. The normalized spacial score (nSPS) is 20.4. The molecule has 2 aromatic carbocycles. The number of nitrogens with zero attached hydrogens (tertiary/aromatic N) is 2. The summed E-state index contributed by atoms with van der Waals surface area (Å²) >= 11 is 0. The maximum absolute atomic E-state index is 11.6. The fourth-order valence-corrected chi connectivity index (χ4v) is 4.65. The van der Waals surface area contributed by atoms with Gasteiger partial charge in [0.2, 0.25) is 5.72 Å². The topological polar surface area (TPSA) is 83.3 Å². The third-order valence-corrected chi connectivity index (χ3v) is 6.18. The molecule has 2 aromatic rings. The largest absolute Gasteiger partial charge is 0.496 e. The SMILES string of the molecule is COc1ccc([N+](=O)[O-])c2c1OC1(C=C2)N(C)c2c(OC)ccc(OC)c2C1(C)C. The molecule has 0 amide bonds. The third-order valence-electron chi connectivity index (χ3n) is 6.18. The first-order valence-electron chi connectivity index (χ1n) is 9.46. The molecule has 0 radical (unpaired) electrons. The number of hydrogen-bond acceptors (Lipinski definition) is 7. The molecule has 0 fully saturated rings. The van der Waals surface area contributed by atoms with Crippen molar-refractivity contribution in [3.63, 3.8) is 0 Å². The predicted molar refractivity (Wildman–Crippen MR) is 113 cm³/mol. The number of ether oxygens (including phenoxy) is 4. The molecule has 1 atom stereocenters. The Morgan fingerprint density at radius 1 is 1.00 bits per heavy atom. The van der Waals surface area contributed by atoms with Gasteiger partial charge in [0.25, 0.3) is 5.69 Å². The monoisotopic (exact) mass is 412 g/mol. The summed E-state index contributed by atoms with van der Waals surface area (Å²) in [5.74, 6) is 2.17. The summed E-state index contributed by atoms with van der Waals surface area (Å²) in [5.41, 5.74) is 0.545. The lowest BCUT2D eigenvalue weighted by Crippen LogP contribution is -2.58. The minimum absolute atomic E-state index is 0.0389. The summed E-state index contributed by atoms with van der Waals surface area (Å²) in [6.07, 6.45) is 3.60. The van der Waals surface area contributed by atoms with Crippen molar-refractivity contribution in [2.75, 3.05) is 33.3 Å². The van der Waals surface area contributed by atoms with Crippen LogP contribution in [0, 0.1) is 10.1 Å². The molecule has 0 N–H and O–H groups in total. The van der Waals surface area contributed by atoms with Gasteiger partial charge in [0, 0.05) is 18.7 Å². The quantitative estimate of drug-likeness (QED) is 0.551. The molecule has 2 aliphatic heterocycles. The van der Waals surface area contributed by atoms with Gasteiger partial charge in [0.05, 0.1) is 42.9 Å². The number of rotatable bonds is 4. The minimum atomic E-state index is -0.979. The molecule has 8 nitrogen and oxygen atoms in total. The summed E-state index contributed by atoms with van der Waals surface area (Å²) in [6, 6.07) is 6.71. The highest BCUT2D eigenvalue weighted by Gasteiger charge is 2.60. The van der Waals surface area contributed by atoms with Gasteiger partial charge in [0.1, 0.15) is 11.5 Å². The van der Waals surface area contributed by atoms with Crippen LogP contribution in [-0.4, -0.2) is 39.0 Å². The number of hydrogen-bond donors (Lipinski definition) is 0.